The summed E-state index contributed by atoms with van der Waals surface area (Å²) in [5.41, 5.74) is 0.664. The van der Waals surface area contributed by atoms with Gasteiger partial charge < -0.3 is 10.4 Å². The van der Waals surface area contributed by atoms with Crippen LogP contribution in [0.3, 0.4) is 0 Å². The summed E-state index contributed by atoms with van der Waals surface area (Å²) >= 11 is 6.31. The van der Waals surface area contributed by atoms with Crippen LogP contribution in [0.15, 0.2) is 24.3 Å². The summed E-state index contributed by atoms with van der Waals surface area (Å²) in [6.45, 7) is 0.878. The SMILES string of the molecule is O[C@]12CCCC[C@@H]1[C@H](c1ccccc1Cl)NCC2. The normalized spacial score (nSPS) is 36.1. The summed E-state index contributed by atoms with van der Waals surface area (Å²) in [5, 5.41) is 15.2. The van der Waals surface area contributed by atoms with Crippen molar-refractivity contribution in [2.24, 2.45) is 5.92 Å². The summed E-state index contributed by atoms with van der Waals surface area (Å²) in [7, 11) is 0. The molecule has 3 heteroatoms. The van der Waals surface area contributed by atoms with E-state index < -0.39 is 5.60 Å². The number of benzene rings is 1. The maximum atomic E-state index is 10.8. The van der Waals surface area contributed by atoms with Gasteiger partial charge in [-0.3, -0.25) is 0 Å². The molecule has 1 aliphatic heterocycles. The minimum Gasteiger partial charge on any atom is -0.389 e. The van der Waals surface area contributed by atoms with Gasteiger partial charge in [-0.25, -0.2) is 0 Å². The molecule has 18 heavy (non-hydrogen) atoms. The molecule has 0 unspecified atom stereocenters. The van der Waals surface area contributed by atoms with E-state index in [1.54, 1.807) is 0 Å². The van der Waals surface area contributed by atoms with Crippen molar-refractivity contribution in [3.8, 4) is 0 Å². The Bertz CT molecular complexity index is 432. The zero-order chi connectivity index (χ0) is 12.6. The zero-order valence-corrected chi connectivity index (χ0v) is 11.3. The molecule has 2 fully saturated rings. The molecule has 0 aromatic heterocycles. The fourth-order valence-corrected chi connectivity index (χ4v) is 3.93. The molecule has 1 saturated heterocycles. The summed E-state index contributed by atoms with van der Waals surface area (Å²) < 4.78 is 0. The number of halogens is 1. The Labute approximate surface area is 113 Å². The molecule has 1 aromatic rings. The third-order valence-electron chi connectivity index (χ3n) is 4.63. The van der Waals surface area contributed by atoms with Crippen molar-refractivity contribution in [3.63, 3.8) is 0 Å². The first-order valence-electron chi connectivity index (χ1n) is 6.91. The van der Waals surface area contributed by atoms with Crippen molar-refractivity contribution in [2.75, 3.05) is 6.54 Å². The van der Waals surface area contributed by atoms with Gasteiger partial charge in [0.15, 0.2) is 0 Å². The summed E-state index contributed by atoms with van der Waals surface area (Å²) in [6.07, 6.45) is 5.29. The third-order valence-corrected chi connectivity index (χ3v) is 4.97. The van der Waals surface area contributed by atoms with Gasteiger partial charge in [-0.1, -0.05) is 42.6 Å². The number of rotatable bonds is 1. The number of aliphatic hydroxyl groups is 1. The second-order valence-electron chi connectivity index (χ2n) is 5.66. The van der Waals surface area contributed by atoms with Gasteiger partial charge >= 0.3 is 0 Å². The molecule has 1 aromatic carbocycles. The summed E-state index contributed by atoms with van der Waals surface area (Å²) in [5.74, 6) is 0.305. The predicted molar refractivity (Wildman–Crippen MR) is 73.7 cm³/mol. The highest BCUT2D eigenvalue weighted by molar-refractivity contribution is 6.31. The van der Waals surface area contributed by atoms with Gasteiger partial charge in [0, 0.05) is 17.0 Å². The summed E-state index contributed by atoms with van der Waals surface area (Å²) in [6, 6.07) is 8.22. The van der Waals surface area contributed by atoms with Crippen molar-refractivity contribution in [3.05, 3.63) is 34.9 Å². The van der Waals surface area contributed by atoms with E-state index in [0.717, 1.165) is 42.8 Å². The van der Waals surface area contributed by atoms with E-state index in [-0.39, 0.29) is 6.04 Å². The highest BCUT2D eigenvalue weighted by atomic mass is 35.5. The van der Waals surface area contributed by atoms with E-state index in [2.05, 4.69) is 11.4 Å². The van der Waals surface area contributed by atoms with E-state index in [1.165, 1.54) is 6.42 Å². The van der Waals surface area contributed by atoms with Crippen LogP contribution in [0.1, 0.15) is 43.7 Å². The van der Waals surface area contributed by atoms with Gasteiger partial charge in [0.05, 0.1) is 5.60 Å². The van der Waals surface area contributed by atoms with Crippen molar-refractivity contribution >= 4 is 11.6 Å². The van der Waals surface area contributed by atoms with Gasteiger partial charge in [0.1, 0.15) is 0 Å². The number of nitrogens with one attached hydrogen (secondary N) is 1. The van der Waals surface area contributed by atoms with Crippen molar-refractivity contribution < 1.29 is 5.11 Å². The number of piperidine rings is 1. The molecule has 3 rings (SSSR count). The molecule has 98 valence electrons. The first-order chi connectivity index (χ1) is 8.71. The second kappa shape index (κ2) is 4.84. The monoisotopic (exact) mass is 265 g/mol. The van der Waals surface area contributed by atoms with E-state index in [0.29, 0.717) is 5.92 Å². The van der Waals surface area contributed by atoms with Crippen LogP contribution in [0.2, 0.25) is 5.02 Å². The van der Waals surface area contributed by atoms with E-state index in [4.69, 9.17) is 11.6 Å². The summed E-state index contributed by atoms with van der Waals surface area (Å²) in [4.78, 5) is 0. The third kappa shape index (κ3) is 2.07. The minimum absolute atomic E-state index is 0.206. The molecule has 3 atom stereocenters. The molecule has 2 nitrogen and oxygen atoms in total. The van der Waals surface area contributed by atoms with Crippen LogP contribution in [0.25, 0.3) is 0 Å². The molecular weight excluding hydrogens is 246 g/mol. The Balaban J connectivity index is 1.94. The van der Waals surface area contributed by atoms with Gasteiger partial charge in [0.2, 0.25) is 0 Å². The van der Waals surface area contributed by atoms with Crippen molar-refractivity contribution in [1.82, 2.24) is 5.32 Å². The van der Waals surface area contributed by atoms with Crippen molar-refractivity contribution in [2.45, 2.75) is 43.7 Å². The highest BCUT2D eigenvalue weighted by Crippen LogP contribution is 2.46. The van der Waals surface area contributed by atoms with Crippen LogP contribution in [0.4, 0.5) is 0 Å². The fourth-order valence-electron chi connectivity index (χ4n) is 3.68. The zero-order valence-electron chi connectivity index (χ0n) is 10.5. The first kappa shape index (κ1) is 12.5. The second-order valence-corrected chi connectivity index (χ2v) is 6.07. The number of hydrogen-bond acceptors (Lipinski definition) is 2. The molecule has 1 heterocycles. The Kier molecular flexibility index (Phi) is 3.35. The van der Waals surface area contributed by atoms with Crippen LogP contribution in [0.5, 0.6) is 0 Å². The van der Waals surface area contributed by atoms with Gasteiger partial charge in [-0.15, -0.1) is 0 Å². The number of fused-ring (bicyclic) bond motifs is 1. The Morgan fingerprint density at radius 2 is 2.06 bits per heavy atom. The van der Waals surface area contributed by atoms with Crippen LogP contribution in [-0.2, 0) is 0 Å². The molecule has 1 saturated carbocycles. The number of hydrogen-bond donors (Lipinski definition) is 2. The molecule has 0 spiro atoms. The first-order valence-corrected chi connectivity index (χ1v) is 7.29. The molecular formula is C15H20ClNO. The van der Waals surface area contributed by atoms with Crippen molar-refractivity contribution in [1.29, 1.82) is 0 Å². The molecule has 1 aliphatic carbocycles. The Morgan fingerprint density at radius 3 is 2.89 bits per heavy atom. The Morgan fingerprint density at radius 1 is 1.22 bits per heavy atom. The standard InChI is InChI=1S/C15H20ClNO/c16-13-7-2-1-5-11(13)14-12-6-3-4-8-15(12,18)9-10-17-14/h1-2,5,7,12,14,17-18H,3-4,6,8-10H2/t12-,14+,15+/m1/s1. The fraction of sp³-hybridized carbons (Fsp3) is 0.600. The largest absolute Gasteiger partial charge is 0.389 e. The van der Waals surface area contributed by atoms with E-state index in [9.17, 15) is 5.11 Å². The lowest BCUT2D eigenvalue weighted by Gasteiger charge is -2.48. The average molecular weight is 266 g/mol. The van der Waals surface area contributed by atoms with Gasteiger partial charge in [-0.2, -0.15) is 0 Å². The van der Waals surface area contributed by atoms with Gasteiger partial charge in [0.25, 0.3) is 0 Å². The lowest BCUT2D eigenvalue weighted by atomic mass is 9.67. The minimum atomic E-state index is -0.479. The van der Waals surface area contributed by atoms with Crippen LogP contribution >= 0.6 is 11.6 Å². The molecule has 2 N–H and O–H groups in total. The van der Waals surface area contributed by atoms with Crippen LogP contribution < -0.4 is 5.32 Å². The quantitative estimate of drug-likeness (QED) is 0.817. The van der Waals surface area contributed by atoms with Crippen LogP contribution in [-0.4, -0.2) is 17.3 Å². The molecule has 0 radical (unpaired) electrons. The highest BCUT2D eigenvalue weighted by Gasteiger charge is 2.46. The maximum absolute atomic E-state index is 10.8. The molecule has 2 aliphatic rings. The average Bonchev–Trinajstić information content (AvgIpc) is 2.38. The van der Waals surface area contributed by atoms with E-state index in [1.807, 2.05) is 18.2 Å². The smallest absolute Gasteiger partial charge is 0.0706 e. The van der Waals surface area contributed by atoms with E-state index >= 15 is 0 Å². The molecule has 0 amide bonds. The topological polar surface area (TPSA) is 32.3 Å². The lowest BCUT2D eigenvalue weighted by molar-refractivity contribution is -0.0861. The van der Waals surface area contributed by atoms with Gasteiger partial charge in [-0.05, 0) is 37.4 Å². The Hall–Kier alpha value is -0.570. The predicted octanol–water partition coefficient (Wildman–Crippen LogP) is 3.30. The lowest BCUT2D eigenvalue weighted by Crippen LogP contribution is -2.53. The maximum Gasteiger partial charge on any atom is 0.0706 e. The van der Waals surface area contributed by atoms with Crippen LogP contribution in [0, 0.1) is 5.92 Å². The molecule has 0 bridgehead atoms.